The highest BCUT2D eigenvalue weighted by Gasteiger charge is 2.09. The molecule has 0 aliphatic heterocycles. The highest BCUT2D eigenvalue weighted by molar-refractivity contribution is 5.52. The third-order valence-electron chi connectivity index (χ3n) is 3.22. The maximum atomic E-state index is 10.1. The molecule has 0 aliphatic carbocycles. The van der Waals surface area contributed by atoms with Gasteiger partial charge in [0.05, 0.1) is 13.7 Å². The van der Waals surface area contributed by atoms with Crippen molar-refractivity contribution < 1.29 is 9.84 Å². The van der Waals surface area contributed by atoms with Crippen molar-refractivity contribution in [3.05, 3.63) is 54.1 Å². The first-order valence-corrected chi connectivity index (χ1v) is 6.97. The summed E-state index contributed by atoms with van der Waals surface area (Å²) in [5, 5.41) is 24.6. The number of tetrazole rings is 1. The van der Waals surface area contributed by atoms with Crippen LogP contribution in [0.2, 0.25) is 0 Å². The quantitative estimate of drug-likeness (QED) is 0.639. The number of rotatable bonds is 6. The number of phenols is 1. The fourth-order valence-electron chi connectivity index (χ4n) is 2.06. The van der Waals surface area contributed by atoms with Crippen molar-refractivity contribution in [1.82, 2.24) is 20.3 Å². The van der Waals surface area contributed by atoms with Crippen molar-refractivity contribution in [2.45, 2.75) is 6.54 Å². The first-order chi connectivity index (χ1) is 11.3. The molecule has 0 amide bonds. The molecule has 8 nitrogen and oxygen atoms in total. The zero-order valence-electron chi connectivity index (χ0n) is 12.5. The minimum atomic E-state index is 0.0909. The summed E-state index contributed by atoms with van der Waals surface area (Å²) in [7, 11) is 1.51. The van der Waals surface area contributed by atoms with Gasteiger partial charge in [-0.05, 0) is 28.6 Å². The van der Waals surface area contributed by atoms with Crippen LogP contribution in [0.1, 0.15) is 5.56 Å². The molecule has 0 radical (unpaired) electrons. The van der Waals surface area contributed by atoms with Crippen LogP contribution in [0.4, 0.5) is 11.6 Å². The number of nitrogens with zero attached hydrogens (tertiary/aromatic N) is 4. The van der Waals surface area contributed by atoms with Gasteiger partial charge in [0, 0.05) is 11.3 Å². The van der Waals surface area contributed by atoms with E-state index in [9.17, 15) is 5.11 Å². The molecule has 3 rings (SSSR count). The molecule has 23 heavy (non-hydrogen) atoms. The minimum Gasteiger partial charge on any atom is -0.504 e. The van der Waals surface area contributed by atoms with Crippen LogP contribution in [-0.2, 0) is 6.54 Å². The highest BCUT2D eigenvalue weighted by atomic mass is 16.5. The number of hydrogen-bond donors (Lipinski definition) is 3. The van der Waals surface area contributed by atoms with Crippen LogP contribution in [0.3, 0.4) is 0 Å². The lowest BCUT2D eigenvalue weighted by molar-refractivity contribution is 0.370. The zero-order chi connectivity index (χ0) is 16.1. The number of anilines is 2. The van der Waals surface area contributed by atoms with Gasteiger partial charge in [-0.15, -0.1) is 4.79 Å². The van der Waals surface area contributed by atoms with Gasteiger partial charge in [-0.2, -0.15) is 0 Å². The summed E-state index contributed by atoms with van der Waals surface area (Å²) >= 11 is 0. The van der Waals surface area contributed by atoms with Crippen LogP contribution in [-0.4, -0.2) is 32.5 Å². The Morgan fingerprint density at radius 3 is 2.74 bits per heavy atom. The fraction of sp³-hybridized carbons (Fsp3) is 0.133. The van der Waals surface area contributed by atoms with Gasteiger partial charge in [0.25, 0.3) is 5.95 Å². The van der Waals surface area contributed by atoms with Gasteiger partial charge in [0.15, 0.2) is 11.5 Å². The van der Waals surface area contributed by atoms with E-state index in [2.05, 4.69) is 26.3 Å². The maximum Gasteiger partial charge on any atom is 0.267 e. The Hall–Kier alpha value is -3.29. The van der Waals surface area contributed by atoms with E-state index in [-0.39, 0.29) is 5.75 Å². The summed E-state index contributed by atoms with van der Waals surface area (Å²) in [5.41, 5.74) is 4.57. The van der Waals surface area contributed by atoms with Gasteiger partial charge < -0.3 is 20.6 Å². The lowest BCUT2D eigenvalue weighted by atomic mass is 10.2. The van der Waals surface area contributed by atoms with Gasteiger partial charge in [-0.3, -0.25) is 0 Å². The normalized spacial score (nSPS) is 10.3. The molecule has 1 heterocycles. The molecule has 0 saturated heterocycles. The summed E-state index contributed by atoms with van der Waals surface area (Å²) in [5.74, 6) is 0.954. The van der Waals surface area contributed by atoms with Gasteiger partial charge in [0.2, 0.25) is 0 Å². The monoisotopic (exact) mass is 312 g/mol. The topological polar surface area (TPSA) is 97.1 Å². The molecular formula is C15H16N6O2. The summed E-state index contributed by atoms with van der Waals surface area (Å²) in [6, 6.07) is 14.9. The molecule has 1 aromatic heterocycles. The van der Waals surface area contributed by atoms with E-state index >= 15 is 0 Å². The van der Waals surface area contributed by atoms with E-state index in [4.69, 9.17) is 4.74 Å². The van der Waals surface area contributed by atoms with Crippen molar-refractivity contribution in [3.8, 4) is 11.5 Å². The first kappa shape index (κ1) is 14.6. The molecule has 3 aromatic rings. The SMILES string of the molecule is COc1cccc(CNn2nnnc2Nc2ccccc2)c1O. The molecule has 0 saturated carbocycles. The number of methoxy groups -OCH3 is 1. The first-order valence-electron chi connectivity index (χ1n) is 6.97. The Morgan fingerprint density at radius 1 is 1.13 bits per heavy atom. The van der Waals surface area contributed by atoms with Crippen molar-refractivity contribution in [1.29, 1.82) is 0 Å². The van der Waals surface area contributed by atoms with Crippen LogP contribution in [0, 0.1) is 0 Å². The van der Waals surface area contributed by atoms with E-state index in [1.165, 1.54) is 11.9 Å². The molecule has 2 aromatic carbocycles. The van der Waals surface area contributed by atoms with Crippen molar-refractivity contribution in [3.63, 3.8) is 0 Å². The highest BCUT2D eigenvalue weighted by Crippen LogP contribution is 2.29. The number of aromatic nitrogens is 4. The molecule has 118 valence electrons. The van der Waals surface area contributed by atoms with Crippen LogP contribution in [0.15, 0.2) is 48.5 Å². The van der Waals surface area contributed by atoms with E-state index < -0.39 is 0 Å². The van der Waals surface area contributed by atoms with Crippen LogP contribution < -0.4 is 15.5 Å². The molecule has 0 fully saturated rings. The number of ether oxygens (including phenoxy) is 1. The molecule has 8 heteroatoms. The van der Waals surface area contributed by atoms with E-state index in [0.29, 0.717) is 23.8 Å². The Balaban J connectivity index is 1.71. The molecule has 3 N–H and O–H groups in total. The van der Waals surface area contributed by atoms with Crippen molar-refractivity contribution in [2.24, 2.45) is 0 Å². The predicted octanol–water partition coefficient (Wildman–Crippen LogP) is 1.87. The Morgan fingerprint density at radius 2 is 1.96 bits per heavy atom. The Labute approximate surface area is 132 Å². The molecule has 0 atom stereocenters. The maximum absolute atomic E-state index is 10.1. The third-order valence-corrected chi connectivity index (χ3v) is 3.22. The van der Waals surface area contributed by atoms with Crippen LogP contribution >= 0.6 is 0 Å². The summed E-state index contributed by atoms with van der Waals surface area (Å²) in [4.78, 5) is 1.41. The number of hydrogen-bond acceptors (Lipinski definition) is 7. The van der Waals surface area contributed by atoms with E-state index in [1.54, 1.807) is 18.2 Å². The summed E-state index contributed by atoms with van der Waals surface area (Å²) < 4.78 is 5.09. The summed E-state index contributed by atoms with van der Waals surface area (Å²) in [6.07, 6.45) is 0. The number of nitrogens with one attached hydrogen (secondary N) is 2. The van der Waals surface area contributed by atoms with Gasteiger partial charge in [0.1, 0.15) is 0 Å². The second-order valence-corrected chi connectivity index (χ2v) is 4.71. The Kier molecular flexibility index (Phi) is 4.23. The third kappa shape index (κ3) is 3.31. The van der Waals surface area contributed by atoms with E-state index in [1.807, 2.05) is 30.3 Å². The lowest BCUT2D eigenvalue weighted by Gasteiger charge is -2.11. The fourth-order valence-corrected chi connectivity index (χ4v) is 2.06. The second kappa shape index (κ2) is 6.65. The Bertz CT molecular complexity index is 775. The zero-order valence-corrected chi connectivity index (χ0v) is 12.5. The average molecular weight is 312 g/mol. The van der Waals surface area contributed by atoms with E-state index in [0.717, 1.165) is 5.69 Å². The number of aromatic hydroxyl groups is 1. The number of benzene rings is 2. The van der Waals surface area contributed by atoms with Crippen molar-refractivity contribution >= 4 is 11.6 Å². The smallest absolute Gasteiger partial charge is 0.267 e. The molecule has 0 unspecified atom stereocenters. The summed E-state index contributed by atoms with van der Waals surface area (Å²) in [6.45, 7) is 0.331. The van der Waals surface area contributed by atoms with Crippen molar-refractivity contribution in [2.75, 3.05) is 17.9 Å². The minimum absolute atomic E-state index is 0.0909. The number of phenolic OH excluding ortho intramolecular Hbond substituents is 1. The molecule has 0 aliphatic rings. The van der Waals surface area contributed by atoms with Gasteiger partial charge in [-0.25, -0.2) is 0 Å². The predicted molar refractivity (Wildman–Crippen MR) is 85.3 cm³/mol. The molecular weight excluding hydrogens is 296 g/mol. The average Bonchev–Trinajstić information content (AvgIpc) is 3.02. The largest absolute Gasteiger partial charge is 0.504 e. The number of para-hydroxylation sites is 2. The van der Waals surface area contributed by atoms with Crippen LogP contribution in [0.5, 0.6) is 11.5 Å². The molecule has 0 spiro atoms. The molecule has 0 bridgehead atoms. The lowest BCUT2D eigenvalue weighted by Crippen LogP contribution is -2.18. The van der Waals surface area contributed by atoms with Crippen LogP contribution in [0.25, 0.3) is 0 Å². The van der Waals surface area contributed by atoms with Gasteiger partial charge in [-0.1, -0.05) is 35.4 Å². The van der Waals surface area contributed by atoms with Gasteiger partial charge >= 0.3 is 0 Å². The standard InChI is InChI=1S/C15H16N6O2/c1-23-13-9-5-6-11(14(13)22)10-16-21-15(18-19-20-21)17-12-7-3-2-4-8-12/h2-9,16,22H,10H2,1H3,(H,17,18,20). The second-order valence-electron chi connectivity index (χ2n) is 4.71.